The van der Waals surface area contributed by atoms with E-state index < -0.39 is 5.92 Å². The standard InChI is InChI=1S/C21H23ClN2O2/c1-14-4-6-17(7-5-14)13-24-21(25)18(12-23)8-9-26-19-10-15(2)20(22)16(3)11-19/h4-7,10-11,18H,8-9,13H2,1-3H3,(H,24,25). The van der Waals surface area contributed by atoms with Crippen molar-refractivity contribution < 1.29 is 9.53 Å². The summed E-state index contributed by atoms with van der Waals surface area (Å²) in [4.78, 5) is 12.2. The maximum atomic E-state index is 12.2. The quantitative estimate of drug-likeness (QED) is 0.781. The third-order valence-corrected chi connectivity index (χ3v) is 4.74. The first kappa shape index (κ1) is 19.8. The first-order valence-corrected chi connectivity index (χ1v) is 8.91. The van der Waals surface area contributed by atoms with Gasteiger partial charge in [-0.25, -0.2) is 0 Å². The zero-order valence-corrected chi connectivity index (χ0v) is 16.1. The summed E-state index contributed by atoms with van der Waals surface area (Å²) in [7, 11) is 0. The molecule has 0 heterocycles. The van der Waals surface area contributed by atoms with E-state index in [0.717, 1.165) is 21.7 Å². The van der Waals surface area contributed by atoms with Gasteiger partial charge in [0.25, 0.3) is 0 Å². The lowest BCUT2D eigenvalue weighted by Crippen LogP contribution is -2.30. The van der Waals surface area contributed by atoms with Crippen LogP contribution in [0, 0.1) is 38.0 Å². The van der Waals surface area contributed by atoms with Crippen LogP contribution in [0.25, 0.3) is 0 Å². The van der Waals surface area contributed by atoms with Gasteiger partial charge in [-0.3, -0.25) is 4.79 Å². The number of amides is 1. The van der Waals surface area contributed by atoms with Crippen molar-refractivity contribution in [2.75, 3.05) is 6.61 Å². The lowest BCUT2D eigenvalue weighted by molar-refractivity contribution is -0.123. The molecule has 0 aliphatic rings. The van der Waals surface area contributed by atoms with Crippen molar-refractivity contribution in [1.82, 2.24) is 5.32 Å². The molecule has 0 spiro atoms. The van der Waals surface area contributed by atoms with Gasteiger partial charge in [0, 0.05) is 18.0 Å². The molecule has 4 nitrogen and oxygen atoms in total. The number of carbonyl (C=O) groups excluding carboxylic acids is 1. The fourth-order valence-corrected chi connectivity index (χ4v) is 2.67. The van der Waals surface area contributed by atoms with Gasteiger partial charge < -0.3 is 10.1 Å². The number of nitrogens with one attached hydrogen (secondary N) is 1. The second kappa shape index (κ2) is 9.26. The Morgan fingerprint density at radius 2 is 1.81 bits per heavy atom. The number of ether oxygens (including phenoxy) is 1. The third kappa shape index (κ3) is 5.50. The van der Waals surface area contributed by atoms with Crippen LogP contribution in [0.5, 0.6) is 5.75 Å². The summed E-state index contributed by atoms with van der Waals surface area (Å²) < 4.78 is 5.69. The Bertz CT molecular complexity index is 787. The number of carbonyl (C=O) groups is 1. The van der Waals surface area contributed by atoms with Crippen LogP contribution in [0.2, 0.25) is 5.02 Å². The summed E-state index contributed by atoms with van der Waals surface area (Å²) in [6, 6.07) is 13.7. The highest BCUT2D eigenvalue weighted by Gasteiger charge is 2.17. The first-order valence-electron chi connectivity index (χ1n) is 8.53. The highest BCUT2D eigenvalue weighted by Crippen LogP contribution is 2.26. The summed E-state index contributed by atoms with van der Waals surface area (Å²) in [6.45, 7) is 6.54. The Hall–Kier alpha value is -2.51. The predicted octanol–water partition coefficient (Wildman–Crippen LogP) is 4.49. The minimum Gasteiger partial charge on any atom is -0.494 e. The molecule has 0 radical (unpaired) electrons. The molecule has 2 aromatic rings. The number of aryl methyl sites for hydroxylation is 3. The zero-order chi connectivity index (χ0) is 19.1. The van der Waals surface area contributed by atoms with Gasteiger partial charge in [0.15, 0.2) is 0 Å². The average Bonchev–Trinajstić information content (AvgIpc) is 2.62. The largest absolute Gasteiger partial charge is 0.494 e. The van der Waals surface area contributed by atoms with Gasteiger partial charge in [0.05, 0.1) is 12.7 Å². The number of rotatable bonds is 7. The van der Waals surface area contributed by atoms with Crippen molar-refractivity contribution in [2.45, 2.75) is 33.7 Å². The first-order chi connectivity index (χ1) is 12.4. The molecule has 26 heavy (non-hydrogen) atoms. The normalized spacial score (nSPS) is 11.5. The maximum Gasteiger partial charge on any atom is 0.237 e. The molecule has 0 aromatic heterocycles. The van der Waals surface area contributed by atoms with Gasteiger partial charge in [0.2, 0.25) is 5.91 Å². The molecule has 136 valence electrons. The highest BCUT2D eigenvalue weighted by atomic mass is 35.5. The molecular weight excluding hydrogens is 348 g/mol. The summed E-state index contributed by atoms with van der Waals surface area (Å²) >= 11 is 6.14. The van der Waals surface area contributed by atoms with E-state index >= 15 is 0 Å². The van der Waals surface area contributed by atoms with E-state index in [4.69, 9.17) is 16.3 Å². The summed E-state index contributed by atoms with van der Waals surface area (Å²) in [6.07, 6.45) is 0.330. The van der Waals surface area contributed by atoms with E-state index in [2.05, 4.69) is 11.4 Å². The second-order valence-corrected chi connectivity index (χ2v) is 6.77. The number of nitrogens with zero attached hydrogens (tertiary/aromatic N) is 1. The van der Waals surface area contributed by atoms with E-state index in [-0.39, 0.29) is 12.5 Å². The van der Waals surface area contributed by atoms with Crippen LogP contribution < -0.4 is 10.1 Å². The van der Waals surface area contributed by atoms with Gasteiger partial charge in [-0.1, -0.05) is 41.4 Å². The van der Waals surface area contributed by atoms with Crippen molar-refractivity contribution in [3.63, 3.8) is 0 Å². The molecule has 1 N–H and O–H groups in total. The minimum absolute atomic E-state index is 0.278. The third-order valence-electron chi connectivity index (χ3n) is 4.14. The lowest BCUT2D eigenvalue weighted by Gasteiger charge is -2.13. The molecule has 1 atom stereocenters. The monoisotopic (exact) mass is 370 g/mol. The molecule has 0 aliphatic carbocycles. The molecule has 0 bridgehead atoms. The molecule has 1 unspecified atom stereocenters. The molecule has 2 aromatic carbocycles. The van der Waals surface area contributed by atoms with E-state index in [1.54, 1.807) is 0 Å². The fraction of sp³-hybridized carbons (Fsp3) is 0.333. The van der Waals surface area contributed by atoms with Crippen LogP contribution in [0.1, 0.15) is 28.7 Å². The zero-order valence-electron chi connectivity index (χ0n) is 15.3. The molecule has 1 amide bonds. The summed E-state index contributed by atoms with van der Waals surface area (Å²) in [5.74, 6) is -0.323. The van der Waals surface area contributed by atoms with Crippen LogP contribution in [-0.4, -0.2) is 12.5 Å². The lowest BCUT2D eigenvalue weighted by atomic mass is 10.1. The number of halogens is 1. The Labute approximate surface area is 159 Å². The Balaban J connectivity index is 1.84. The smallest absolute Gasteiger partial charge is 0.237 e. The number of hydrogen-bond acceptors (Lipinski definition) is 3. The summed E-state index contributed by atoms with van der Waals surface area (Å²) in [5, 5.41) is 12.8. The second-order valence-electron chi connectivity index (χ2n) is 6.39. The van der Waals surface area contributed by atoms with Crippen LogP contribution in [0.4, 0.5) is 0 Å². The maximum absolute atomic E-state index is 12.2. The fourth-order valence-electron chi connectivity index (χ4n) is 2.56. The number of nitriles is 1. The van der Waals surface area contributed by atoms with Gasteiger partial charge in [0.1, 0.15) is 11.7 Å². The van der Waals surface area contributed by atoms with E-state index in [1.807, 2.05) is 57.2 Å². The van der Waals surface area contributed by atoms with E-state index in [9.17, 15) is 10.1 Å². The summed E-state index contributed by atoms with van der Waals surface area (Å²) in [5.41, 5.74) is 4.05. The van der Waals surface area contributed by atoms with Crippen molar-refractivity contribution in [1.29, 1.82) is 5.26 Å². The molecule has 2 rings (SSSR count). The van der Waals surface area contributed by atoms with Crippen LogP contribution in [0.15, 0.2) is 36.4 Å². The Morgan fingerprint density at radius 3 is 2.38 bits per heavy atom. The molecule has 0 saturated heterocycles. The molecule has 0 fully saturated rings. The molecule has 5 heteroatoms. The molecular formula is C21H23ClN2O2. The van der Waals surface area contributed by atoms with Crippen molar-refractivity contribution >= 4 is 17.5 Å². The van der Waals surface area contributed by atoms with Crippen LogP contribution in [-0.2, 0) is 11.3 Å². The average molecular weight is 371 g/mol. The van der Waals surface area contributed by atoms with Crippen molar-refractivity contribution in [2.24, 2.45) is 5.92 Å². The molecule has 0 saturated carbocycles. The SMILES string of the molecule is Cc1ccc(CNC(=O)C(C#N)CCOc2cc(C)c(Cl)c(C)c2)cc1. The van der Waals surface area contributed by atoms with Crippen LogP contribution >= 0.6 is 11.6 Å². The molecule has 0 aliphatic heterocycles. The van der Waals surface area contributed by atoms with E-state index in [1.165, 1.54) is 5.56 Å². The van der Waals surface area contributed by atoms with Gasteiger partial charge in [-0.05, 0) is 49.6 Å². The number of hydrogen-bond donors (Lipinski definition) is 1. The minimum atomic E-state index is -0.741. The Morgan fingerprint density at radius 1 is 1.19 bits per heavy atom. The van der Waals surface area contributed by atoms with E-state index in [0.29, 0.717) is 18.7 Å². The topological polar surface area (TPSA) is 62.1 Å². The van der Waals surface area contributed by atoms with Gasteiger partial charge in [-0.2, -0.15) is 5.26 Å². The van der Waals surface area contributed by atoms with Crippen molar-refractivity contribution in [3.8, 4) is 11.8 Å². The highest BCUT2D eigenvalue weighted by molar-refractivity contribution is 6.32. The van der Waals surface area contributed by atoms with Crippen molar-refractivity contribution in [3.05, 3.63) is 63.7 Å². The Kier molecular flexibility index (Phi) is 7.06. The predicted molar refractivity (Wildman–Crippen MR) is 103 cm³/mol. The van der Waals surface area contributed by atoms with Gasteiger partial charge >= 0.3 is 0 Å². The van der Waals surface area contributed by atoms with Crippen LogP contribution in [0.3, 0.4) is 0 Å². The van der Waals surface area contributed by atoms with Gasteiger partial charge in [-0.15, -0.1) is 0 Å². The number of benzene rings is 2.